The first-order valence-electron chi connectivity index (χ1n) is 6.23. The normalized spacial score (nSPS) is 12.2. The number of anilines is 1. The molecule has 0 aromatic heterocycles. The molecule has 0 bridgehead atoms. The lowest BCUT2D eigenvalue weighted by Gasteiger charge is -2.12. The molecule has 0 aliphatic heterocycles. The van der Waals surface area contributed by atoms with E-state index in [0.29, 0.717) is 4.90 Å². The fraction of sp³-hybridized carbons (Fsp3) is 0.0769. The Kier molecular flexibility index (Phi) is 5.45. The minimum absolute atomic E-state index is 0.103. The molecule has 0 radical (unpaired) electrons. The quantitative estimate of drug-likeness (QED) is 0.788. The second-order valence-electron chi connectivity index (χ2n) is 4.75. The number of rotatable bonds is 5. The van der Waals surface area contributed by atoms with Crippen LogP contribution in [0.5, 0.6) is 0 Å². The molecule has 0 amide bonds. The lowest BCUT2D eigenvalue weighted by Crippen LogP contribution is -2.14. The Morgan fingerprint density at radius 2 is 1.75 bits per heavy atom. The molecule has 0 saturated heterocycles. The number of nitrogens with one attached hydrogen (secondary N) is 1. The van der Waals surface area contributed by atoms with Crippen LogP contribution in [0.15, 0.2) is 51.1 Å². The molecule has 6 nitrogen and oxygen atoms in total. The molecule has 2 aromatic rings. The molecule has 2 aromatic carbocycles. The smallest absolute Gasteiger partial charge is 0.238 e. The highest BCUT2D eigenvalue weighted by Gasteiger charge is 2.16. The Bertz CT molecular complexity index is 994. The van der Waals surface area contributed by atoms with Gasteiger partial charge in [-0.1, -0.05) is 23.4 Å². The molecular formula is C13H12ClFN2O4S3. The van der Waals surface area contributed by atoms with Crippen LogP contribution < -0.4 is 9.86 Å². The summed E-state index contributed by atoms with van der Waals surface area (Å²) in [6, 6.07) is 7.35. The van der Waals surface area contributed by atoms with Gasteiger partial charge in [-0.25, -0.2) is 26.4 Å². The van der Waals surface area contributed by atoms with E-state index in [-0.39, 0.29) is 20.5 Å². The van der Waals surface area contributed by atoms with Gasteiger partial charge in [0, 0.05) is 9.79 Å². The maximum absolute atomic E-state index is 13.1. The molecule has 11 heteroatoms. The van der Waals surface area contributed by atoms with Gasteiger partial charge in [0.2, 0.25) is 20.0 Å². The molecule has 2 rings (SSSR count). The topological polar surface area (TPSA) is 106 Å². The summed E-state index contributed by atoms with van der Waals surface area (Å²) in [6.07, 6.45) is 0.958. The third-order valence-electron chi connectivity index (χ3n) is 2.69. The molecule has 0 fully saturated rings. The van der Waals surface area contributed by atoms with Gasteiger partial charge in [-0.15, -0.1) is 0 Å². The summed E-state index contributed by atoms with van der Waals surface area (Å²) in [4.78, 5) is 0.476. The van der Waals surface area contributed by atoms with Crippen molar-refractivity contribution in [1.82, 2.24) is 0 Å². The minimum Gasteiger partial charge on any atom is -0.283 e. The monoisotopic (exact) mass is 410 g/mol. The molecule has 24 heavy (non-hydrogen) atoms. The van der Waals surface area contributed by atoms with Crippen LogP contribution >= 0.6 is 23.4 Å². The van der Waals surface area contributed by atoms with Crippen molar-refractivity contribution >= 4 is 49.1 Å². The van der Waals surface area contributed by atoms with Crippen LogP contribution in [0.3, 0.4) is 0 Å². The summed E-state index contributed by atoms with van der Waals surface area (Å²) in [7, 11) is -7.57. The van der Waals surface area contributed by atoms with Gasteiger partial charge in [-0.2, -0.15) is 0 Å². The Morgan fingerprint density at radius 3 is 2.29 bits per heavy atom. The van der Waals surface area contributed by atoms with E-state index in [0.717, 1.165) is 24.1 Å². The number of hydrogen-bond acceptors (Lipinski definition) is 5. The maximum atomic E-state index is 13.1. The summed E-state index contributed by atoms with van der Waals surface area (Å²) in [5.74, 6) is -0.530. The third-order valence-corrected chi connectivity index (χ3v) is 5.75. The molecule has 0 saturated carbocycles. The van der Waals surface area contributed by atoms with Gasteiger partial charge in [-0.3, -0.25) is 4.72 Å². The summed E-state index contributed by atoms with van der Waals surface area (Å²) in [5.41, 5.74) is 0.148. The molecule has 0 atom stereocenters. The van der Waals surface area contributed by atoms with Crippen LogP contribution in [0, 0.1) is 5.82 Å². The third kappa shape index (κ3) is 5.08. The SMILES string of the molecule is CS(=O)(=O)Nc1ccc(S(N)(=O)=O)cc1Sc1ccc(F)cc1Cl. The van der Waals surface area contributed by atoms with Crippen molar-refractivity contribution in [3.05, 3.63) is 47.2 Å². The van der Waals surface area contributed by atoms with Gasteiger partial charge >= 0.3 is 0 Å². The first-order chi connectivity index (χ1) is 11.0. The zero-order valence-corrected chi connectivity index (χ0v) is 15.4. The van der Waals surface area contributed by atoms with Crippen LogP contribution in [-0.2, 0) is 20.0 Å². The highest BCUT2D eigenvalue weighted by Crippen LogP contribution is 2.38. The van der Waals surface area contributed by atoms with E-state index in [2.05, 4.69) is 4.72 Å². The molecule has 0 unspecified atom stereocenters. The largest absolute Gasteiger partial charge is 0.283 e. The van der Waals surface area contributed by atoms with Gasteiger partial charge < -0.3 is 0 Å². The van der Waals surface area contributed by atoms with E-state index >= 15 is 0 Å². The zero-order valence-electron chi connectivity index (χ0n) is 12.2. The number of halogens is 2. The average molecular weight is 411 g/mol. The zero-order chi connectivity index (χ0) is 18.1. The standard InChI is InChI=1S/C13H12ClFN2O4S3/c1-23(18,19)17-11-4-3-9(24(16,20)21)7-13(11)22-12-5-2-8(15)6-10(12)14/h2-7,17H,1H3,(H2,16,20,21). The van der Waals surface area contributed by atoms with Crippen molar-refractivity contribution in [3.63, 3.8) is 0 Å². The summed E-state index contributed by atoms with van der Waals surface area (Å²) in [5, 5.41) is 5.20. The summed E-state index contributed by atoms with van der Waals surface area (Å²) >= 11 is 6.93. The van der Waals surface area contributed by atoms with Gasteiger partial charge in [0.1, 0.15) is 5.82 Å². The van der Waals surface area contributed by atoms with Crippen molar-refractivity contribution < 1.29 is 21.2 Å². The molecule has 3 N–H and O–H groups in total. The fourth-order valence-corrected chi connectivity index (χ4v) is 4.21. The fourth-order valence-electron chi connectivity index (χ4n) is 1.72. The molecule has 0 spiro atoms. The van der Waals surface area contributed by atoms with E-state index < -0.39 is 25.9 Å². The van der Waals surface area contributed by atoms with Crippen LogP contribution in [-0.4, -0.2) is 23.1 Å². The van der Waals surface area contributed by atoms with Crippen LogP contribution in [0.2, 0.25) is 5.02 Å². The van der Waals surface area contributed by atoms with Crippen molar-refractivity contribution in [2.24, 2.45) is 5.14 Å². The molecule has 0 aliphatic rings. The van der Waals surface area contributed by atoms with Crippen molar-refractivity contribution in [1.29, 1.82) is 0 Å². The van der Waals surface area contributed by atoms with Crippen LogP contribution in [0.25, 0.3) is 0 Å². The highest BCUT2D eigenvalue weighted by molar-refractivity contribution is 7.99. The number of nitrogens with two attached hydrogens (primary N) is 1. The minimum atomic E-state index is -3.98. The van der Waals surface area contributed by atoms with Gasteiger partial charge in [0.05, 0.1) is 21.9 Å². The van der Waals surface area contributed by atoms with E-state index in [1.165, 1.54) is 30.3 Å². The van der Waals surface area contributed by atoms with E-state index in [4.69, 9.17) is 16.7 Å². The first kappa shape index (κ1) is 19.0. The molecule has 130 valence electrons. The maximum Gasteiger partial charge on any atom is 0.238 e. The van der Waals surface area contributed by atoms with Gasteiger partial charge in [0.25, 0.3) is 0 Å². The van der Waals surface area contributed by atoms with Crippen molar-refractivity contribution in [2.75, 3.05) is 11.0 Å². The lowest BCUT2D eigenvalue weighted by atomic mass is 10.3. The Morgan fingerprint density at radius 1 is 1.08 bits per heavy atom. The molecular weight excluding hydrogens is 399 g/mol. The molecule has 0 heterocycles. The molecule has 0 aliphatic carbocycles. The number of sulfonamides is 2. The second-order valence-corrected chi connectivity index (χ2v) is 9.55. The predicted octanol–water partition coefficient (Wildman–Crippen LogP) is 2.65. The number of hydrogen-bond donors (Lipinski definition) is 2. The van der Waals surface area contributed by atoms with Crippen molar-refractivity contribution in [3.8, 4) is 0 Å². The average Bonchev–Trinajstić information content (AvgIpc) is 2.40. The Hall–Kier alpha value is -1.33. The predicted molar refractivity (Wildman–Crippen MR) is 91.8 cm³/mol. The van der Waals surface area contributed by atoms with Gasteiger partial charge in [-0.05, 0) is 36.4 Å². The summed E-state index contributed by atoms with van der Waals surface area (Å²) < 4.78 is 61.3. The van der Waals surface area contributed by atoms with Crippen LogP contribution in [0.1, 0.15) is 0 Å². The highest BCUT2D eigenvalue weighted by atomic mass is 35.5. The summed E-state index contributed by atoms with van der Waals surface area (Å²) in [6.45, 7) is 0. The van der Waals surface area contributed by atoms with E-state index in [1.54, 1.807) is 0 Å². The van der Waals surface area contributed by atoms with Crippen molar-refractivity contribution in [2.45, 2.75) is 14.7 Å². The first-order valence-corrected chi connectivity index (χ1v) is 10.9. The Balaban J connectivity index is 2.54. The lowest BCUT2D eigenvalue weighted by molar-refractivity contribution is 0.597. The Labute approximate surface area is 148 Å². The van der Waals surface area contributed by atoms with E-state index in [1.807, 2.05) is 0 Å². The number of benzene rings is 2. The number of primary sulfonamides is 1. The second kappa shape index (κ2) is 6.89. The van der Waals surface area contributed by atoms with E-state index in [9.17, 15) is 21.2 Å². The van der Waals surface area contributed by atoms with Crippen LogP contribution in [0.4, 0.5) is 10.1 Å². The van der Waals surface area contributed by atoms with Gasteiger partial charge in [0.15, 0.2) is 0 Å².